The standard InChI is InChI=1S/C16H24O2/c1-15(2,3)12-10-8-9-11(14(17)18-7)13(12)16(4,5)6/h8-10H,1-7H3. The van der Waals surface area contributed by atoms with Gasteiger partial charge in [0.1, 0.15) is 0 Å². The Labute approximate surface area is 110 Å². The van der Waals surface area contributed by atoms with Gasteiger partial charge in [-0.2, -0.15) is 0 Å². The highest BCUT2D eigenvalue weighted by Crippen LogP contribution is 2.36. The van der Waals surface area contributed by atoms with Gasteiger partial charge in [0.15, 0.2) is 0 Å². The molecular formula is C16H24O2. The summed E-state index contributed by atoms with van der Waals surface area (Å²) in [4.78, 5) is 11.9. The van der Waals surface area contributed by atoms with Crippen LogP contribution >= 0.6 is 0 Å². The van der Waals surface area contributed by atoms with Crippen molar-refractivity contribution in [3.8, 4) is 0 Å². The predicted molar refractivity (Wildman–Crippen MR) is 75.2 cm³/mol. The van der Waals surface area contributed by atoms with Crippen LogP contribution in [0.3, 0.4) is 0 Å². The van der Waals surface area contributed by atoms with Crippen LogP contribution in [0, 0.1) is 0 Å². The van der Waals surface area contributed by atoms with Crippen LogP contribution in [0.15, 0.2) is 18.2 Å². The van der Waals surface area contributed by atoms with E-state index in [0.717, 1.165) is 5.56 Å². The summed E-state index contributed by atoms with van der Waals surface area (Å²) in [5.41, 5.74) is 2.89. The molecule has 0 N–H and O–H groups in total. The molecule has 0 fully saturated rings. The molecule has 1 aromatic rings. The first-order valence-electron chi connectivity index (χ1n) is 6.31. The molecule has 0 spiro atoms. The number of hydrogen-bond donors (Lipinski definition) is 0. The van der Waals surface area contributed by atoms with E-state index in [1.54, 1.807) is 0 Å². The second kappa shape index (κ2) is 4.75. The summed E-state index contributed by atoms with van der Waals surface area (Å²) >= 11 is 0. The van der Waals surface area contributed by atoms with Crippen LogP contribution in [-0.2, 0) is 15.6 Å². The molecule has 2 heteroatoms. The van der Waals surface area contributed by atoms with E-state index in [1.165, 1.54) is 12.7 Å². The average Bonchev–Trinajstić information content (AvgIpc) is 2.24. The largest absolute Gasteiger partial charge is 0.465 e. The SMILES string of the molecule is COC(=O)c1cccc(C(C)(C)C)c1C(C)(C)C. The Morgan fingerprint density at radius 3 is 1.94 bits per heavy atom. The smallest absolute Gasteiger partial charge is 0.338 e. The fourth-order valence-electron chi connectivity index (χ4n) is 2.27. The summed E-state index contributed by atoms with van der Waals surface area (Å²) in [5, 5.41) is 0. The van der Waals surface area contributed by atoms with Gasteiger partial charge in [0.2, 0.25) is 0 Å². The molecule has 1 rings (SSSR count). The first kappa shape index (κ1) is 14.7. The van der Waals surface area contributed by atoms with Crippen LogP contribution in [0.2, 0.25) is 0 Å². The topological polar surface area (TPSA) is 26.3 Å². The maximum Gasteiger partial charge on any atom is 0.338 e. The lowest BCUT2D eigenvalue weighted by Crippen LogP contribution is -2.25. The van der Waals surface area contributed by atoms with E-state index in [0.29, 0.717) is 5.56 Å². The van der Waals surface area contributed by atoms with E-state index in [-0.39, 0.29) is 16.8 Å². The predicted octanol–water partition coefficient (Wildman–Crippen LogP) is 4.07. The molecule has 2 nitrogen and oxygen atoms in total. The van der Waals surface area contributed by atoms with Crippen molar-refractivity contribution >= 4 is 5.97 Å². The first-order valence-corrected chi connectivity index (χ1v) is 6.31. The van der Waals surface area contributed by atoms with E-state index < -0.39 is 0 Å². The van der Waals surface area contributed by atoms with Crippen LogP contribution in [-0.4, -0.2) is 13.1 Å². The number of ether oxygens (including phenoxy) is 1. The maximum atomic E-state index is 11.9. The van der Waals surface area contributed by atoms with E-state index in [1.807, 2.05) is 12.1 Å². The Hall–Kier alpha value is -1.31. The highest BCUT2D eigenvalue weighted by Gasteiger charge is 2.29. The van der Waals surface area contributed by atoms with Crippen LogP contribution in [0.4, 0.5) is 0 Å². The zero-order valence-corrected chi connectivity index (χ0v) is 12.5. The molecule has 0 radical (unpaired) electrons. The van der Waals surface area contributed by atoms with E-state index >= 15 is 0 Å². The number of carbonyl (C=O) groups is 1. The van der Waals surface area contributed by atoms with E-state index in [4.69, 9.17) is 4.74 Å². The highest BCUT2D eigenvalue weighted by molar-refractivity contribution is 5.92. The fourth-order valence-corrected chi connectivity index (χ4v) is 2.27. The Kier molecular flexibility index (Phi) is 3.89. The summed E-state index contributed by atoms with van der Waals surface area (Å²) in [7, 11) is 1.43. The van der Waals surface area contributed by atoms with Crippen molar-refractivity contribution in [2.45, 2.75) is 52.4 Å². The molecule has 0 atom stereocenters. The Balaban J connectivity index is 3.61. The van der Waals surface area contributed by atoms with Crippen molar-refractivity contribution in [3.05, 3.63) is 34.9 Å². The molecule has 0 unspecified atom stereocenters. The Bertz CT molecular complexity index is 445. The molecule has 18 heavy (non-hydrogen) atoms. The second-order valence-corrected chi connectivity index (χ2v) is 6.72. The van der Waals surface area contributed by atoms with Crippen molar-refractivity contribution in [2.75, 3.05) is 7.11 Å². The lowest BCUT2D eigenvalue weighted by Gasteiger charge is -2.31. The van der Waals surface area contributed by atoms with Crippen molar-refractivity contribution in [3.63, 3.8) is 0 Å². The van der Waals surface area contributed by atoms with Gasteiger partial charge in [-0.3, -0.25) is 0 Å². The van der Waals surface area contributed by atoms with E-state index in [2.05, 4.69) is 47.6 Å². The Morgan fingerprint density at radius 1 is 1.00 bits per heavy atom. The van der Waals surface area contributed by atoms with Crippen molar-refractivity contribution in [1.82, 2.24) is 0 Å². The van der Waals surface area contributed by atoms with Crippen LogP contribution in [0.5, 0.6) is 0 Å². The summed E-state index contributed by atoms with van der Waals surface area (Å²) in [6, 6.07) is 5.89. The quantitative estimate of drug-likeness (QED) is 0.700. The Morgan fingerprint density at radius 2 is 1.56 bits per heavy atom. The molecule has 0 heterocycles. The van der Waals surface area contributed by atoms with Gasteiger partial charge in [-0.25, -0.2) is 4.79 Å². The molecule has 0 saturated heterocycles. The number of hydrogen-bond acceptors (Lipinski definition) is 2. The second-order valence-electron chi connectivity index (χ2n) is 6.72. The molecular weight excluding hydrogens is 224 g/mol. The lowest BCUT2D eigenvalue weighted by molar-refractivity contribution is 0.0597. The highest BCUT2D eigenvalue weighted by atomic mass is 16.5. The molecule has 0 aliphatic heterocycles. The molecule has 0 amide bonds. The van der Waals surface area contributed by atoms with Crippen molar-refractivity contribution < 1.29 is 9.53 Å². The molecule has 0 aliphatic rings. The molecule has 100 valence electrons. The van der Waals surface area contributed by atoms with Crippen LogP contribution in [0.25, 0.3) is 0 Å². The van der Waals surface area contributed by atoms with Gasteiger partial charge < -0.3 is 4.74 Å². The zero-order valence-electron chi connectivity index (χ0n) is 12.5. The number of methoxy groups -OCH3 is 1. The third-order valence-corrected chi connectivity index (χ3v) is 3.03. The monoisotopic (exact) mass is 248 g/mol. The molecule has 1 aromatic carbocycles. The number of esters is 1. The summed E-state index contributed by atoms with van der Waals surface area (Å²) in [6.45, 7) is 12.9. The van der Waals surface area contributed by atoms with Gasteiger partial charge in [-0.05, 0) is 28.0 Å². The van der Waals surface area contributed by atoms with Gasteiger partial charge in [0, 0.05) is 0 Å². The van der Waals surface area contributed by atoms with Crippen LogP contribution in [0.1, 0.15) is 63.0 Å². The summed E-state index contributed by atoms with van der Waals surface area (Å²) in [5.74, 6) is -0.258. The first-order chi connectivity index (χ1) is 8.09. The van der Waals surface area contributed by atoms with Gasteiger partial charge in [-0.15, -0.1) is 0 Å². The van der Waals surface area contributed by atoms with Crippen molar-refractivity contribution in [2.24, 2.45) is 0 Å². The zero-order chi connectivity index (χ0) is 14.1. The fraction of sp³-hybridized carbons (Fsp3) is 0.562. The summed E-state index contributed by atoms with van der Waals surface area (Å²) < 4.78 is 4.90. The van der Waals surface area contributed by atoms with Gasteiger partial charge >= 0.3 is 5.97 Å². The number of benzene rings is 1. The van der Waals surface area contributed by atoms with Gasteiger partial charge in [0.05, 0.1) is 12.7 Å². The van der Waals surface area contributed by atoms with Gasteiger partial charge in [-0.1, -0.05) is 53.7 Å². The normalized spacial score (nSPS) is 12.4. The molecule has 0 bridgehead atoms. The minimum absolute atomic E-state index is 0.00659. The number of carbonyl (C=O) groups excluding carboxylic acids is 1. The number of rotatable bonds is 1. The lowest BCUT2D eigenvalue weighted by atomic mass is 9.73. The summed E-state index contributed by atoms with van der Waals surface area (Å²) in [6.07, 6.45) is 0. The molecule has 0 aromatic heterocycles. The molecule has 0 aliphatic carbocycles. The van der Waals surface area contributed by atoms with E-state index in [9.17, 15) is 4.79 Å². The molecule has 0 saturated carbocycles. The average molecular weight is 248 g/mol. The van der Waals surface area contributed by atoms with Crippen molar-refractivity contribution in [1.29, 1.82) is 0 Å². The van der Waals surface area contributed by atoms with Crippen LogP contribution < -0.4 is 0 Å². The minimum atomic E-state index is -0.258. The third-order valence-electron chi connectivity index (χ3n) is 3.03. The minimum Gasteiger partial charge on any atom is -0.465 e. The third kappa shape index (κ3) is 2.92. The maximum absolute atomic E-state index is 11.9. The van der Waals surface area contributed by atoms with Gasteiger partial charge in [0.25, 0.3) is 0 Å².